The van der Waals surface area contributed by atoms with E-state index in [4.69, 9.17) is 37.1 Å². The molecule has 3 aromatic carbocycles. The fourth-order valence-electron chi connectivity index (χ4n) is 3.32. The number of carbonyl (C=O) groups is 1. The molecule has 0 fully saturated rings. The molecule has 1 aromatic heterocycles. The average Bonchev–Trinajstić information content (AvgIpc) is 2.82. The fraction of sp³-hybridized carbons (Fsp3) is 0.111. The van der Waals surface area contributed by atoms with Crippen LogP contribution >= 0.6 is 23.2 Å². The van der Waals surface area contributed by atoms with E-state index in [1.165, 1.54) is 30.5 Å². The van der Waals surface area contributed by atoms with Crippen molar-refractivity contribution in [2.24, 2.45) is 0 Å². The van der Waals surface area contributed by atoms with E-state index >= 15 is 0 Å². The normalized spacial score (nSPS) is 11.3. The van der Waals surface area contributed by atoms with E-state index in [1.807, 2.05) is 38.1 Å². The van der Waals surface area contributed by atoms with E-state index in [0.29, 0.717) is 26.7 Å². The second kappa shape index (κ2) is 10.2. The van der Waals surface area contributed by atoms with Gasteiger partial charge in [-0.3, -0.25) is 4.79 Å². The largest absolute Gasteiger partial charge is 0.460 e. The number of esters is 1. The first-order valence-electron chi connectivity index (χ1n) is 10.5. The number of halogens is 2. The molecule has 34 heavy (non-hydrogen) atoms. The van der Waals surface area contributed by atoms with Gasteiger partial charge in [-0.15, -0.1) is 0 Å². The van der Waals surface area contributed by atoms with Crippen LogP contribution in [0.1, 0.15) is 30.9 Å². The topological polar surface area (TPSA) is 65.7 Å². The highest BCUT2D eigenvalue weighted by molar-refractivity contribution is 6.42. The van der Waals surface area contributed by atoms with Crippen LogP contribution in [0.4, 0.5) is 0 Å². The Morgan fingerprint density at radius 1 is 0.971 bits per heavy atom. The highest BCUT2D eigenvalue weighted by Gasteiger charge is 2.14. The molecule has 0 aliphatic heterocycles. The van der Waals surface area contributed by atoms with Crippen molar-refractivity contribution >= 4 is 46.2 Å². The lowest BCUT2D eigenvalue weighted by atomic mass is 10.0. The van der Waals surface area contributed by atoms with Crippen LogP contribution in [-0.4, -0.2) is 5.97 Å². The monoisotopic (exact) mass is 494 g/mol. The molecular weight excluding hydrogens is 475 g/mol. The summed E-state index contributed by atoms with van der Waals surface area (Å²) in [7, 11) is 0. The molecule has 4 rings (SSSR count). The maximum absolute atomic E-state index is 12.9. The standard InChI is InChI=1S/C27H20Cl2O5/c1-16(2)19-5-3-4-6-23(19)34-25-15-32-24-14-18(9-10-20(24)27(25)31)33-26(30)12-8-17-7-11-21(28)22(29)13-17/h3-16H,1-2H3/b12-8+. The fourth-order valence-corrected chi connectivity index (χ4v) is 3.63. The SMILES string of the molecule is CC(C)c1ccccc1Oc1coc2cc(OC(=O)/C=C/c3ccc(Cl)c(Cl)c3)ccc2c1=O. The summed E-state index contributed by atoms with van der Waals surface area (Å²) in [4.78, 5) is 25.1. The first-order chi connectivity index (χ1) is 16.3. The number of benzene rings is 3. The lowest BCUT2D eigenvalue weighted by Gasteiger charge is -2.13. The summed E-state index contributed by atoms with van der Waals surface area (Å²) in [5.41, 5.74) is 1.63. The van der Waals surface area contributed by atoms with E-state index in [-0.39, 0.29) is 28.4 Å². The van der Waals surface area contributed by atoms with Gasteiger partial charge in [0.2, 0.25) is 11.2 Å². The second-order valence-corrected chi connectivity index (χ2v) is 8.62. The molecule has 0 atom stereocenters. The number of para-hydroxylation sites is 1. The molecular formula is C27H20Cl2O5. The summed E-state index contributed by atoms with van der Waals surface area (Å²) < 4.78 is 16.8. The van der Waals surface area contributed by atoms with Crippen molar-refractivity contribution in [2.75, 3.05) is 0 Å². The van der Waals surface area contributed by atoms with Gasteiger partial charge in [0, 0.05) is 12.1 Å². The molecule has 0 radical (unpaired) electrons. The first kappa shape index (κ1) is 23.6. The van der Waals surface area contributed by atoms with Gasteiger partial charge in [-0.2, -0.15) is 0 Å². The number of carbonyl (C=O) groups excluding carboxylic acids is 1. The van der Waals surface area contributed by atoms with Crippen LogP contribution in [0, 0.1) is 0 Å². The maximum Gasteiger partial charge on any atom is 0.336 e. The van der Waals surface area contributed by atoms with Crippen LogP contribution in [0.25, 0.3) is 17.0 Å². The average molecular weight is 495 g/mol. The Morgan fingerprint density at radius 3 is 2.53 bits per heavy atom. The predicted octanol–water partition coefficient (Wildman–Crippen LogP) is 7.63. The van der Waals surface area contributed by atoms with Crippen LogP contribution in [-0.2, 0) is 4.79 Å². The van der Waals surface area contributed by atoms with Crippen molar-refractivity contribution in [3.8, 4) is 17.2 Å². The van der Waals surface area contributed by atoms with Gasteiger partial charge in [0.05, 0.1) is 15.4 Å². The van der Waals surface area contributed by atoms with Gasteiger partial charge in [-0.05, 0) is 53.5 Å². The predicted molar refractivity (Wildman–Crippen MR) is 134 cm³/mol. The maximum atomic E-state index is 12.9. The summed E-state index contributed by atoms with van der Waals surface area (Å²) in [6, 6.07) is 17.1. The van der Waals surface area contributed by atoms with Crippen molar-refractivity contribution in [1.82, 2.24) is 0 Å². The Hall–Kier alpha value is -3.54. The van der Waals surface area contributed by atoms with Gasteiger partial charge in [-0.25, -0.2) is 4.79 Å². The van der Waals surface area contributed by atoms with Gasteiger partial charge >= 0.3 is 5.97 Å². The Morgan fingerprint density at radius 2 is 1.76 bits per heavy atom. The van der Waals surface area contributed by atoms with Gasteiger partial charge in [0.1, 0.15) is 23.3 Å². The number of fused-ring (bicyclic) bond motifs is 1. The van der Waals surface area contributed by atoms with Crippen LogP contribution < -0.4 is 14.9 Å². The molecule has 0 spiro atoms. The van der Waals surface area contributed by atoms with E-state index in [9.17, 15) is 9.59 Å². The lowest BCUT2D eigenvalue weighted by molar-refractivity contribution is -0.128. The Bertz CT molecular complexity index is 1450. The zero-order valence-electron chi connectivity index (χ0n) is 18.4. The number of hydrogen-bond acceptors (Lipinski definition) is 5. The summed E-state index contributed by atoms with van der Waals surface area (Å²) in [6.07, 6.45) is 4.09. The molecule has 7 heteroatoms. The Labute approximate surface area is 206 Å². The minimum atomic E-state index is -0.599. The quantitative estimate of drug-likeness (QED) is 0.156. The molecule has 0 aliphatic carbocycles. The molecule has 0 unspecified atom stereocenters. The molecule has 0 amide bonds. The molecule has 4 aromatic rings. The van der Waals surface area contributed by atoms with Crippen LogP contribution in [0.3, 0.4) is 0 Å². The molecule has 172 valence electrons. The van der Waals surface area contributed by atoms with Gasteiger partial charge < -0.3 is 13.9 Å². The summed E-state index contributed by atoms with van der Waals surface area (Å²) in [5.74, 6) is 0.543. The van der Waals surface area contributed by atoms with Crippen molar-refractivity contribution in [3.05, 3.63) is 104 Å². The van der Waals surface area contributed by atoms with Gasteiger partial charge in [-0.1, -0.05) is 61.3 Å². The van der Waals surface area contributed by atoms with Crippen LogP contribution in [0.2, 0.25) is 10.0 Å². The third kappa shape index (κ3) is 5.33. The van der Waals surface area contributed by atoms with Crippen LogP contribution in [0.5, 0.6) is 17.2 Å². The molecule has 0 saturated carbocycles. The van der Waals surface area contributed by atoms with E-state index < -0.39 is 5.97 Å². The summed E-state index contributed by atoms with van der Waals surface area (Å²) in [5, 5.41) is 1.13. The Kier molecular flexibility index (Phi) is 7.06. The molecule has 0 aliphatic rings. The Balaban J connectivity index is 1.52. The molecule has 0 saturated heterocycles. The second-order valence-electron chi connectivity index (χ2n) is 7.81. The highest BCUT2D eigenvalue weighted by atomic mass is 35.5. The van der Waals surface area contributed by atoms with Crippen molar-refractivity contribution in [1.29, 1.82) is 0 Å². The zero-order valence-corrected chi connectivity index (χ0v) is 19.9. The molecule has 0 bridgehead atoms. The smallest absolute Gasteiger partial charge is 0.336 e. The minimum absolute atomic E-state index is 0.0786. The molecule has 0 N–H and O–H groups in total. The van der Waals surface area contributed by atoms with Crippen molar-refractivity contribution in [3.63, 3.8) is 0 Å². The molecule has 1 heterocycles. The van der Waals surface area contributed by atoms with E-state index in [2.05, 4.69) is 0 Å². The third-order valence-electron chi connectivity index (χ3n) is 5.05. The zero-order chi connectivity index (χ0) is 24.2. The minimum Gasteiger partial charge on any atom is -0.460 e. The third-order valence-corrected chi connectivity index (χ3v) is 5.79. The number of ether oxygens (including phenoxy) is 2. The molecule has 5 nitrogen and oxygen atoms in total. The number of hydrogen-bond donors (Lipinski definition) is 0. The van der Waals surface area contributed by atoms with Gasteiger partial charge in [0.15, 0.2) is 0 Å². The van der Waals surface area contributed by atoms with Gasteiger partial charge in [0.25, 0.3) is 0 Å². The first-order valence-corrected chi connectivity index (χ1v) is 11.2. The van der Waals surface area contributed by atoms with Crippen molar-refractivity contribution in [2.45, 2.75) is 19.8 Å². The van der Waals surface area contributed by atoms with E-state index in [1.54, 1.807) is 24.3 Å². The summed E-state index contributed by atoms with van der Waals surface area (Å²) >= 11 is 11.9. The lowest BCUT2D eigenvalue weighted by Crippen LogP contribution is -2.07. The van der Waals surface area contributed by atoms with Crippen molar-refractivity contribution < 1.29 is 18.7 Å². The van der Waals surface area contributed by atoms with E-state index in [0.717, 1.165) is 5.56 Å². The number of rotatable bonds is 6. The van der Waals surface area contributed by atoms with Crippen LogP contribution in [0.15, 0.2) is 82.2 Å². The summed E-state index contributed by atoms with van der Waals surface area (Å²) in [6.45, 7) is 4.10. The highest BCUT2D eigenvalue weighted by Crippen LogP contribution is 2.30.